The fourth-order valence-corrected chi connectivity index (χ4v) is 2.56. The van der Waals surface area contributed by atoms with E-state index >= 15 is 0 Å². The highest BCUT2D eigenvalue weighted by Gasteiger charge is 2.32. The third-order valence-electron chi connectivity index (χ3n) is 3.61. The van der Waals surface area contributed by atoms with E-state index in [0.717, 1.165) is 25.9 Å². The molecule has 1 aliphatic rings. The van der Waals surface area contributed by atoms with Gasteiger partial charge in [-0.2, -0.15) is 0 Å². The van der Waals surface area contributed by atoms with Crippen LogP contribution in [0.4, 0.5) is 4.79 Å². The number of aliphatic carboxylic acids is 1. The molecule has 110 valence electrons. The number of carbonyl (C=O) groups is 2. The summed E-state index contributed by atoms with van der Waals surface area (Å²) in [5, 5.41) is 8.77. The minimum absolute atomic E-state index is 0.00114. The summed E-state index contributed by atoms with van der Waals surface area (Å²) in [5.41, 5.74) is 0.156. The minimum atomic E-state index is -0.863. The monoisotopic (exact) mass is 270 g/mol. The van der Waals surface area contributed by atoms with Crippen molar-refractivity contribution < 1.29 is 14.7 Å². The lowest BCUT2D eigenvalue weighted by atomic mass is 9.84. The summed E-state index contributed by atoms with van der Waals surface area (Å²) in [6.07, 6.45) is 2.15. The summed E-state index contributed by atoms with van der Waals surface area (Å²) in [6, 6.07) is 0.000846. The van der Waals surface area contributed by atoms with Gasteiger partial charge in [0.25, 0.3) is 0 Å². The van der Waals surface area contributed by atoms with Crippen molar-refractivity contribution in [3.63, 3.8) is 0 Å². The van der Waals surface area contributed by atoms with Crippen LogP contribution in [-0.2, 0) is 4.79 Å². The fourth-order valence-electron chi connectivity index (χ4n) is 2.56. The van der Waals surface area contributed by atoms with E-state index in [-0.39, 0.29) is 30.5 Å². The number of piperidine rings is 1. The van der Waals surface area contributed by atoms with E-state index in [0.29, 0.717) is 0 Å². The number of hydrogen-bond acceptors (Lipinski definition) is 2. The summed E-state index contributed by atoms with van der Waals surface area (Å²) >= 11 is 0. The second-order valence-electron chi connectivity index (χ2n) is 6.40. The van der Waals surface area contributed by atoms with Crippen LogP contribution in [0.5, 0.6) is 0 Å². The van der Waals surface area contributed by atoms with Crippen LogP contribution in [0.25, 0.3) is 0 Å². The summed E-state index contributed by atoms with van der Waals surface area (Å²) < 4.78 is 0. The number of nitrogens with zero attached hydrogens (tertiary/aromatic N) is 2. The smallest absolute Gasteiger partial charge is 0.320 e. The van der Waals surface area contributed by atoms with Gasteiger partial charge in [0.05, 0.1) is 6.42 Å². The minimum Gasteiger partial charge on any atom is -0.481 e. The van der Waals surface area contributed by atoms with Crippen LogP contribution < -0.4 is 0 Å². The Morgan fingerprint density at radius 1 is 1.37 bits per heavy atom. The van der Waals surface area contributed by atoms with Crippen molar-refractivity contribution in [2.45, 2.75) is 53.0 Å². The van der Waals surface area contributed by atoms with E-state index in [2.05, 4.69) is 13.8 Å². The first-order valence-corrected chi connectivity index (χ1v) is 7.00. The number of likely N-dealkylation sites (tertiary alicyclic amines) is 1. The van der Waals surface area contributed by atoms with Gasteiger partial charge in [-0.3, -0.25) is 4.79 Å². The standard InChI is InChI=1S/C14H26N2O3/c1-11(2)16(9-6-12(17)18)13(19)15-8-5-7-14(3,4)10-15/h11H,5-10H2,1-4H3,(H,17,18). The molecule has 0 unspecified atom stereocenters. The molecule has 5 heteroatoms. The van der Waals surface area contributed by atoms with Gasteiger partial charge in [-0.15, -0.1) is 0 Å². The van der Waals surface area contributed by atoms with Gasteiger partial charge >= 0.3 is 12.0 Å². The summed E-state index contributed by atoms with van der Waals surface area (Å²) in [4.78, 5) is 26.7. The molecule has 1 saturated heterocycles. The highest BCUT2D eigenvalue weighted by Crippen LogP contribution is 2.29. The zero-order valence-electron chi connectivity index (χ0n) is 12.5. The van der Waals surface area contributed by atoms with Crippen molar-refractivity contribution in [3.8, 4) is 0 Å². The molecule has 19 heavy (non-hydrogen) atoms. The van der Waals surface area contributed by atoms with E-state index in [1.165, 1.54) is 0 Å². The van der Waals surface area contributed by atoms with Crippen molar-refractivity contribution >= 4 is 12.0 Å². The summed E-state index contributed by atoms with van der Waals surface area (Å²) in [7, 11) is 0. The number of carboxylic acid groups (broad SMARTS) is 1. The normalized spacial score (nSPS) is 18.5. The maximum Gasteiger partial charge on any atom is 0.320 e. The molecule has 1 rings (SSSR count). The molecule has 0 aliphatic carbocycles. The van der Waals surface area contributed by atoms with Gasteiger partial charge < -0.3 is 14.9 Å². The second-order valence-corrected chi connectivity index (χ2v) is 6.40. The van der Waals surface area contributed by atoms with Gasteiger partial charge in [-0.25, -0.2) is 4.79 Å². The SMILES string of the molecule is CC(C)N(CCC(=O)O)C(=O)N1CCCC(C)(C)C1. The molecular formula is C14H26N2O3. The molecule has 0 saturated carbocycles. The molecule has 1 N–H and O–H groups in total. The van der Waals surface area contributed by atoms with Crippen LogP contribution in [0, 0.1) is 5.41 Å². The molecule has 2 amide bonds. The number of amides is 2. The Bertz CT molecular complexity index is 340. The van der Waals surface area contributed by atoms with Crippen LogP contribution in [0.15, 0.2) is 0 Å². The van der Waals surface area contributed by atoms with Crippen molar-refractivity contribution in [2.75, 3.05) is 19.6 Å². The molecular weight excluding hydrogens is 244 g/mol. The van der Waals surface area contributed by atoms with Gasteiger partial charge in [0.1, 0.15) is 0 Å². The lowest BCUT2D eigenvalue weighted by Crippen LogP contribution is -2.52. The van der Waals surface area contributed by atoms with E-state index in [1.54, 1.807) is 4.90 Å². The van der Waals surface area contributed by atoms with E-state index < -0.39 is 5.97 Å². The Hall–Kier alpha value is -1.26. The Morgan fingerprint density at radius 3 is 2.47 bits per heavy atom. The van der Waals surface area contributed by atoms with Crippen LogP contribution in [0.1, 0.15) is 47.0 Å². The highest BCUT2D eigenvalue weighted by atomic mass is 16.4. The van der Waals surface area contributed by atoms with Crippen LogP contribution in [-0.4, -0.2) is 52.6 Å². The van der Waals surface area contributed by atoms with Crippen LogP contribution in [0.2, 0.25) is 0 Å². The molecule has 0 spiro atoms. The molecule has 0 aromatic heterocycles. The van der Waals surface area contributed by atoms with Gasteiger partial charge in [0.2, 0.25) is 0 Å². The number of carboxylic acids is 1. The topological polar surface area (TPSA) is 60.9 Å². The van der Waals surface area contributed by atoms with Gasteiger partial charge in [0, 0.05) is 25.7 Å². The van der Waals surface area contributed by atoms with Crippen LogP contribution >= 0.6 is 0 Å². The van der Waals surface area contributed by atoms with E-state index in [9.17, 15) is 9.59 Å². The zero-order valence-corrected chi connectivity index (χ0v) is 12.5. The molecule has 0 aromatic rings. The molecule has 1 aliphatic heterocycles. The summed E-state index contributed by atoms with van der Waals surface area (Å²) in [5.74, 6) is -0.863. The molecule has 0 radical (unpaired) electrons. The molecule has 0 atom stereocenters. The lowest BCUT2D eigenvalue weighted by molar-refractivity contribution is -0.137. The van der Waals surface area contributed by atoms with Gasteiger partial charge in [-0.1, -0.05) is 13.8 Å². The maximum atomic E-state index is 12.5. The molecule has 1 fully saturated rings. The number of carbonyl (C=O) groups excluding carboxylic acids is 1. The first kappa shape index (κ1) is 15.8. The summed E-state index contributed by atoms with van der Waals surface area (Å²) in [6.45, 7) is 10.00. The Morgan fingerprint density at radius 2 is 2.00 bits per heavy atom. The molecule has 0 bridgehead atoms. The van der Waals surface area contributed by atoms with Crippen molar-refractivity contribution in [1.29, 1.82) is 0 Å². The van der Waals surface area contributed by atoms with Gasteiger partial charge in [-0.05, 0) is 32.1 Å². The molecule has 5 nitrogen and oxygen atoms in total. The average molecular weight is 270 g/mol. The third kappa shape index (κ3) is 4.73. The Kier molecular flexibility index (Phi) is 5.20. The van der Waals surface area contributed by atoms with E-state index in [1.807, 2.05) is 18.7 Å². The predicted molar refractivity (Wildman–Crippen MR) is 74.1 cm³/mol. The number of hydrogen-bond donors (Lipinski definition) is 1. The predicted octanol–water partition coefficient (Wildman–Crippen LogP) is 2.41. The van der Waals surface area contributed by atoms with Crippen molar-refractivity contribution in [2.24, 2.45) is 5.41 Å². The number of urea groups is 1. The van der Waals surface area contributed by atoms with E-state index in [4.69, 9.17) is 5.11 Å². The zero-order chi connectivity index (χ0) is 14.6. The van der Waals surface area contributed by atoms with Crippen molar-refractivity contribution in [1.82, 2.24) is 9.80 Å². The Labute approximate surface area is 115 Å². The first-order chi connectivity index (χ1) is 8.73. The Balaban J connectivity index is 2.68. The quantitative estimate of drug-likeness (QED) is 0.853. The highest BCUT2D eigenvalue weighted by molar-refractivity contribution is 5.76. The lowest BCUT2D eigenvalue weighted by Gasteiger charge is -2.41. The molecule has 1 heterocycles. The van der Waals surface area contributed by atoms with Crippen LogP contribution in [0.3, 0.4) is 0 Å². The second kappa shape index (κ2) is 6.26. The largest absolute Gasteiger partial charge is 0.481 e. The number of rotatable bonds is 4. The maximum absolute atomic E-state index is 12.5. The fraction of sp³-hybridized carbons (Fsp3) is 0.857. The first-order valence-electron chi connectivity index (χ1n) is 7.00. The van der Waals surface area contributed by atoms with Crippen molar-refractivity contribution in [3.05, 3.63) is 0 Å². The van der Waals surface area contributed by atoms with Gasteiger partial charge in [0.15, 0.2) is 0 Å². The third-order valence-corrected chi connectivity index (χ3v) is 3.61. The molecule has 0 aromatic carbocycles. The average Bonchev–Trinajstić information content (AvgIpc) is 2.26.